The molecule has 0 bridgehead atoms. The summed E-state index contributed by atoms with van der Waals surface area (Å²) in [5, 5.41) is 2.22. The fourth-order valence-corrected chi connectivity index (χ4v) is 5.69. The Balaban J connectivity index is 1.56. The Morgan fingerprint density at radius 2 is 1.72 bits per heavy atom. The zero-order chi connectivity index (χ0) is 22.0. The van der Waals surface area contributed by atoms with Gasteiger partial charge in [-0.2, -0.15) is 0 Å². The van der Waals surface area contributed by atoms with Gasteiger partial charge >= 0.3 is 0 Å². The van der Waals surface area contributed by atoms with Crippen molar-refractivity contribution in [2.24, 2.45) is 0 Å². The van der Waals surface area contributed by atoms with Crippen LogP contribution in [0.3, 0.4) is 0 Å². The SMILES string of the molecule is Cc1cc2c(c(-c3ncc(C)c4ccc(C5CCC(F)(F)C5)cc34)c1)Cc1ccccc1-2. The van der Waals surface area contributed by atoms with Crippen LogP contribution >= 0.6 is 0 Å². The Labute approximate surface area is 187 Å². The number of nitrogens with zero attached hydrogens (tertiary/aromatic N) is 1. The van der Waals surface area contributed by atoms with E-state index in [1.54, 1.807) is 0 Å². The van der Waals surface area contributed by atoms with Gasteiger partial charge in [0, 0.05) is 30.0 Å². The van der Waals surface area contributed by atoms with E-state index in [-0.39, 0.29) is 18.8 Å². The molecule has 6 rings (SSSR count). The van der Waals surface area contributed by atoms with Crippen molar-refractivity contribution < 1.29 is 8.78 Å². The van der Waals surface area contributed by atoms with Crippen LogP contribution in [0.4, 0.5) is 8.78 Å². The van der Waals surface area contributed by atoms with Crippen molar-refractivity contribution in [3.63, 3.8) is 0 Å². The van der Waals surface area contributed by atoms with Gasteiger partial charge < -0.3 is 0 Å². The largest absolute Gasteiger partial charge is 0.255 e. The second-order valence-corrected chi connectivity index (χ2v) is 9.56. The summed E-state index contributed by atoms with van der Waals surface area (Å²) in [6, 6.07) is 19.4. The third-order valence-corrected chi connectivity index (χ3v) is 7.31. The van der Waals surface area contributed by atoms with Gasteiger partial charge in [-0.3, -0.25) is 4.98 Å². The van der Waals surface area contributed by atoms with Crippen molar-refractivity contribution in [3.8, 4) is 22.4 Å². The molecule has 1 fully saturated rings. The average molecular weight is 426 g/mol. The average Bonchev–Trinajstić information content (AvgIpc) is 3.33. The van der Waals surface area contributed by atoms with Crippen LogP contribution in [0.1, 0.15) is 53.0 Å². The van der Waals surface area contributed by atoms with Gasteiger partial charge in [-0.1, -0.05) is 42.5 Å². The fraction of sp³-hybridized carbons (Fsp3) is 0.276. The van der Waals surface area contributed by atoms with Crippen LogP contribution < -0.4 is 0 Å². The summed E-state index contributed by atoms with van der Waals surface area (Å²) in [5.41, 5.74) is 10.7. The van der Waals surface area contributed by atoms with Crippen LogP contribution in [-0.2, 0) is 6.42 Å². The number of hydrogen-bond acceptors (Lipinski definition) is 1. The standard InChI is InChI=1S/C29H25F2N/c1-17-11-24-23-6-4-3-5-20(23)14-25(24)26(12-17)28-27-13-19(21-9-10-29(30,31)15-21)7-8-22(27)18(2)16-32-28/h3-8,11-13,16,21H,9-10,14-15H2,1-2H3. The van der Waals surface area contributed by atoms with Crippen LogP contribution in [0, 0.1) is 13.8 Å². The van der Waals surface area contributed by atoms with Gasteiger partial charge in [0.25, 0.3) is 0 Å². The van der Waals surface area contributed by atoms with Crippen molar-refractivity contribution >= 4 is 10.8 Å². The first-order chi connectivity index (χ1) is 15.4. The summed E-state index contributed by atoms with van der Waals surface area (Å²) in [6.07, 6.45) is 3.31. The zero-order valence-corrected chi connectivity index (χ0v) is 18.4. The van der Waals surface area contributed by atoms with Crippen LogP contribution in [0.2, 0.25) is 0 Å². The molecule has 0 N–H and O–H groups in total. The Morgan fingerprint density at radius 3 is 2.53 bits per heavy atom. The van der Waals surface area contributed by atoms with Gasteiger partial charge in [-0.05, 0) is 89.1 Å². The first-order valence-electron chi connectivity index (χ1n) is 11.4. The summed E-state index contributed by atoms with van der Waals surface area (Å²) in [7, 11) is 0. The van der Waals surface area contributed by atoms with Crippen molar-refractivity contribution in [1.82, 2.24) is 4.98 Å². The predicted octanol–water partition coefficient (Wildman–Crippen LogP) is 7.99. The molecular formula is C29H25F2N. The lowest BCUT2D eigenvalue weighted by atomic mass is 9.90. The van der Waals surface area contributed by atoms with E-state index in [1.165, 1.54) is 27.8 Å². The lowest BCUT2D eigenvalue weighted by Crippen LogP contribution is -2.09. The van der Waals surface area contributed by atoms with E-state index in [1.807, 2.05) is 12.3 Å². The number of aromatic nitrogens is 1. The quantitative estimate of drug-likeness (QED) is 0.279. The number of pyridine rings is 1. The number of aryl methyl sites for hydroxylation is 2. The number of fused-ring (bicyclic) bond motifs is 4. The highest BCUT2D eigenvalue weighted by Gasteiger charge is 2.40. The molecule has 2 aliphatic carbocycles. The maximum Gasteiger partial charge on any atom is 0.248 e. The number of alkyl halides is 2. The van der Waals surface area contributed by atoms with E-state index in [0.29, 0.717) is 6.42 Å². The van der Waals surface area contributed by atoms with E-state index < -0.39 is 5.92 Å². The van der Waals surface area contributed by atoms with Crippen molar-refractivity contribution in [2.45, 2.75) is 51.4 Å². The van der Waals surface area contributed by atoms with Gasteiger partial charge in [-0.25, -0.2) is 8.78 Å². The Hall–Kier alpha value is -3.07. The lowest BCUT2D eigenvalue weighted by molar-refractivity contribution is 0.00777. The minimum absolute atomic E-state index is 0.0156. The first-order valence-corrected chi connectivity index (χ1v) is 11.4. The molecule has 3 heteroatoms. The zero-order valence-electron chi connectivity index (χ0n) is 18.4. The third-order valence-electron chi connectivity index (χ3n) is 7.31. The molecule has 1 heterocycles. The molecule has 1 saturated carbocycles. The second-order valence-electron chi connectivity index (χ2n) is 9.56. The molecule has 1 atom stereocenters. The van der Waals surface area contributed by atoms with Gasteiger partial charge in [-0.15, -0.1) is 0 Å². The maximum atomic E-state index is 13.9. The van der Waals surface area contributed by atoms with Crippen LogP contribution in [-0.4, -0.2) is 10.9 Å². The monoisotopic (exact) mass is 425 g/mol. The second kappa shape index (κ2) is 6.96. The molecule has 4 aromatic rings. The van der Waals surface area contributed by atoms with Crippen molar-refractivity contribution in [1.29, 1.82) is 0 Å². The Morgan fingerprint density at radius 1 is 0.906 bits per heavy atom. The van der Waals surface area contributed by atoms with Crippen LogP contribution in [0.25, 0.3) is 33.2 Å². The topological polar surface area (TPSA) is 12.9 Å². The molecule has 1 nitrogen and oxygen atoms in total. The highest BCUT2D eigenvalue weighted by Crippen LogP contribution is 2.46. The molecule has 0 aliphatic heterocycles. The van der Waals surface area contributed by atoms with Gasteiger partial charge in [0.2, 0.25) is 5.92 Å². The minimum atomic E-state index is -2.55. The summed E-state index contributed by atoms with van der Waals surface area (Å²) in [6.45, 7) is 4.20. The summed E-state index contributed by atoms with van der Waals surface area (Å²) in [5.74, 6) is -2.63. The molecule has 0 radical (unpaired) electrons. The van der Waals surface area contributed by atoms with Crippen molar-refractivity contribution in [3.05, 3.63) is 88.6 Å². The fourth-order valence-electron chi connectivity index (χ4n) is 5.69. The Bertz CT molecular complexity index is 1390. The number of halogens is 2. The minimum Gasteiger partial charge on any atom is -0.255 e. The lowest BCUT2D eigenvalue weighted by Gasteiger charge is -2.16. The van der Waals surface area contributed by atoms with Gasteiger partial charge in [0.15, 0.2) is 0 Å². The van der Waals surface area contributed by atoms with E-state index in [4.69, 9.17) is 4.98 Å². The van der Waals surface area contributed by atoms with Crippen LogP contribution in [0.5, 0.6) is 0 Å². The summed E-state index contributed by atoms with van der Waals surface area (Å²) in [4.78, 5) is 4.91. The van der Waals surface area contributed by atoms with E-state index in [9.17, 15) is 8.78 Å². The maximum absolute atomic E-state index is 13.9. The van der Waals surface area contributed by atoms with Crippen LogP contribution in [0.15, 0.2) is 60.8 Å². The summed E-state index contributed by atoms with van der Waals surface area (Å²) >= 11 is 0. The molecule has 32 heavy (non-hydrogen) atoms. The molecule has 0 spiro atoms. The van der Waals surface area contributed by atoms with E-state index in [0.717, 1.165) is 39.6 Å². The van der Waals surface area contributed by atoms with Gasteiger partial charge in [0.05, 0.1) is 5.69 Å². The molecular weight excluding hydrogens is 400 g/mol. The number of benzene rings is 3. The molecule has 1 aromatic heterocycles. The molecule has 160 valence electrons. The molecule has 0 amide bonds. The van der Waals surface area contributed by atoms with Gasteiger partial charge in [0.1, 0.15) is 0 Å². The Kier molecular flexibility index (Phi) is 4.27. The number of rotatable bonds is 2. The highest BCUT2D eigenvalue weighted by molar-refractivity contribution is 5.99. The van der Waals surface area contributed by atoms with E-state index >= 15 is 0 Å². The predicted molar refractivity (Wildman–Crippen MR) is 126 cm³/mol. The molecule has 3 aromatic carbocycles. The van der Waals surface area contributed by atoms with E-state index in [2.05, 4.69) is 62.4 Å². The summed E-state index contributed by atoms with van der Waals surface area (Å²) < 4.78 is 27.8. The molecule has 0 saturated heterocycles. The molecule has 1 unspecified atom stereocenters. The molecule has 2 aliphatic rings. The smallest absolute Gasteiger partial charge is 0.248 e. The number of hydrogen-bond donors (Lipinski definition) is 0. The highest BCUT2D eigenvalue weighted by atomic mass is 19.3. The van der Waals surface area contributed by atoms with Crippen molar-refractivity contribution in [2.75, 3.05) is 0 Å². The first kappa shape index (κ1) is 19.6. The third kappa shape index (κ3) is 3.06. The normalized spacial score (nSPS) is 18.7.